The second-order valence-corrected chi connectivity index (χ2v) is 4.69. The number of rotatable bonds is 9. The van der Waals surface area contributed by atoms with Crippen LogP contribution in [-0.2, 0) is 13.0 Å². The minimum atomic E-state index is -0.354. The maximum absolute atomic E-state index is 9.26. The average Bonchev–Trinajstić information content (AvgIpc) is 2.41. The smallest absolute Gasteiger partial charge is 0.164 e. The van der Waals surface area contributed by atoms with Gasteiger partial charge in [-0.25, -0.2) is 0 Å². The van der Waals surface area contributed by atoms with Crippen LogP contribution in [0.15, 0.2) is 24.8 Å². The van der Waals surface area contributed by atoms with Gasteiger partial charge in [-0.15, -0.1) is 19.0 Å². The summed E-state index contributed by atoms with van der Waals surface area (Å²) in [5.74, 6) is 1.52. The fraction of sp³-hybridized carbons (Fsp3) is 0.500. The molecular formula is C16H26ClNO3. The molecule has 1 aromatic carbocycles. The summed E-state index contributed by atoms with van der Waals surface area (Å²) in [6, 6.07) is 4.05. The molecule has 0 fully saturated rings. The number of methoxy groups -OCH3 is 1. The molecule has 0 radical (unpaired) electrons. The summed E-state index contributed by atoms with van der Waals surface area (Å²) < 4.78 is 11.1. The summed E-state index contributed by atoms with van der Waals surface area (Å²) >= 11 is 0. The van der Waals surface area contributed by atoms with Gasteiger partial charge in [0.1, 0.15) is 0 Å². The van der Waals surface area contributed by atoms with Crippen molar-refractivity contribution in [1.82, 2.24) is 5.32 Å². The van der Waals surface area contributed by atoms with E-state index in [1.165, 1.54) is 0 Å². The lowest BCUT2D eigenvalue weighted by molar-refractivity contribution is 0.191. The fourth-order valence-corrected chi connectivity index (χ4v) is 2.02. The van der Waals surface area contributed by atoms with Crippen molar-refractivity contribution in [2.45, 2.75) is 32.9 Å². The third-order valence-corrected chi connectivity index (χ3v) is 2.83. The molecule has 1 unspecified atom stereocenters. The van der Waals surface area contributed by atoms with Gasteiger partial charge in [0, 0.05) is 18.7 Å². The number of aliphatic hydroxyl groups is 1. The number of allylic oxidation sites excluding steroid dienone is 1. The van der Waals surface area contributed by atoms with E-state index in [0.717, 1.165) is 29.0 Å². The fourth-order valence-electron chi connectivity index (χ4n) is 2.02. The van der Waals surface area contributed by atoms with Crippen molar-refractivity contribution < 1.29 is 14.6 Å². The SMILES string of the molecule is C=CCc1cc(CNCC(C)O)cc(OC)c1OCC.Cl. The Kier molecular flexibility index (Phi) is 9.88. The van der Waals surface area contributed by atoms with Crippen LogP contribution in [0.25, 0.3) is 0 Å². The van der Waals surface area contributed by atoms with E-state index < -0.39 is 0 Å². The van der Waals surface area contributed by atoms with Gasteiger partial charge in [0.2, 0.25) is 0 Å². The molecule has 21 heavy (non-hydrogen) atoms. The monoisotopic (exact) mass is 315 g/mol. The van der Waals surface area contributed by atoms with Crippen molar-refractivity contribution in [2.24, 2.45) is 0 Å². The second-order valence-electron chi connectivity index (χ2n) is 4.69. The van der Waals surface area contributed by atoms with Crippen LogP contribution in [0.5, 0.6) is 11.5 Å². The number of nitrogens with one attached hydrogen (secondary N) is 1. The molecule has 0 bridgehead atoms. The highest BCUT2D eigenvalue weighted by Crippen LogP contribution is 2.33. The van der Waals surface area contributed by atoms with Crippen LogP contribution in [0, 0.1) is 0 Å². The lowest BCUT2D eigenvalue weighted by Gasteiger charge is -2.16. The second kappa shape index (κ2) is 10.5. The minimum absolute atomic E-state index is 0. The number of benzene rings is 1. The first-order valence-corrected chi connectivity index (χ1v) is 6.94. The maximum atomic E-state index is 9.26. The van der Waals surface area contributed by atoms with Gasteiger partial charge in [-0.2, -0.15) is 0 Å². The molecule has 0 aliphatic heterocycles. The lowest BCUT2D eigenvalue weighted by Crippen LogP contribution is -2.23. The van der Waals surface area contributed by atoms with E-state index in [9.17, 15) is 5.11 Å². The predicted molar refractivity (Wildman–Crippen MR) is 88.7 cm³/mol. The van der Waals surface area contributed by atoms with Gasteiger partial charge in [-0.1, -0.05) is 12.1 Å². The van der Waals surface area contributed by atoms with Crippen molar-refractivity contribution in [2.75, 3.05) is 20.3 Å². The van der Waals surface area contributed by atoms with Crippen LogP contribution in [-0.4, -0.2) is 31.5 Å². The molecule has 0 heterocycles. The summed E-state index contributed by atoms with van der Waals surface area (Å²) in [5.41, 5.74) is 2.16. The van der Waals surface area contributed by atoms with Crippen LogP contribution >= 0.6 is 12.4 Å². The third kappa shape index (κ3) is 6.38. The van der Waals surface area contributed by atoms with Crippen LogP contribution in [0.4, 0.5) is 0 Å². The molecule has 0 spiro atoms. The topological polar surface area (TPSA) is 50.7 Å². The van der Waals surface area contributed by atoms with Crippen LogP contribution < -0.4 is 14.8 Å². The third-order valence-electron chi connectivity index (χ3n) is 2.83. The van der Waals surface area contributed by atoms with Crippen LogP contribution in [0.2, 0.25) is 0 Å². The first kappa shape index (κ1) is 19.8. The highest BCUT2D eigenvalue weighted by molar-refractivity contribution is 5.85. The van der Waals surface area contributed by atoms with Gasteiger partial charge in [0.15, 0.2) is 11.5 Å². The Morgan fingerprint density at radius 2 is 2.14 bits per heavy atom. The van der Waals surface area contributed by atoms with Crippen molar-refractivity contribution in [3.05, 3.63) is 35.9 Å². The van der Waals surface area contributed by atoms with Crippen molar-refractivity contribution in [3.8, 4) is 11.5 Å². The molecule has 0 aromatic heterocycles. The molecule has 1 atom stereocenters. The van der Waals surface area contributed by atoms with E-state index in [1.807, 2.05) is 19.1 Å². The summed E-state index contributed by atoms with van der Waals surface area (Å²) in [5, 5.41) is 12.5. The van der Waals surface area contributed by atoms with E-state index in [2.05, 4.69) is 18.0 Å². The Balaban J connectivity index is 0.00000400. The van der Waals surface area contributed by atoms with Crippen molar-refractivity contribution >= 4 is 12.4 Å². The van der Waals surface area contributed by atoms with E-state index in [1.54, 1.807) is 14.0 Å². The van der Waals surface area contributed by atoms with E-state index in [0.29, 0.717) is 19.7 Å². The molecule has 4 nitrogen and oxygen atoms in total. The minimum Gasteiger partial charge on any atom is -0.493 e. The Hall–Kier alpha value is -1.23. The van der Waals surface area contributed by atoms with Crippen LogP contribution in [0.3, 0.4) is 0 Å². The standard InChI is InChI=1S/C16H25NO3.ClH/c1-5-7-14-8-13(11-17-10-12(3)18)9-15(19-4)16(14)20-6-2;/h5,8-9,12,17-18H,1,6-7,10-11H2,2-4H3;1H. The van der Waals surface area contributed by atoms with Gasteiger partial charge in [0.25, 0.3) is 0 Å². The molecule has 120 valence electrons. The summed E-state index contributed by atoms with van der Waals surface area (Å²) in [6.07, 6.45) is 2.23. The number of hydrogen-bond acceptors (Lipinski definition) is 4. The molecular weight excluding hydrogens is 290 g/mol. The van der Waals surface area contributed by atoms with E-state index >= 15 is 0 Å². The molecule has 5 heteroatoms. The molecule has 2 N–H and O–H groups in total. The number of halogens is 1. The summed E-state index contributed by atoms with van der Waals surface area (Å²) in [7, 11) is 1.64. The van der Waals surface area contributed by atoms with Crippen molar-refractivity contribution in [3.63, 3.8) is 0 Å². The first-order valence-electron chi connectivity index (χ1n) is 6.94. The predicted octanol–water partition coefficient (Wildman–Crippen LogP) is 2.71. The molecule has 0 aliphatic rings. The molecule has 1 rings (SSSR count). The van der Waals surface area contributed by atoms with Gasteiger partial charge >= 0.3 is 0 Å². The highest BCUT2D eigenvalue weighted by Gasteiger charge is 2.12. The van der Waals surface area contributed by atoms with Gasteiger partial charge in [-0.05, 0) is 31.9 Å². The molecule has 0 saturated carbocycles. The number of hydrogen-bond donors (Lipinski definition) is 2. The zero-order valence-corrected chi connectivity index (χ0v) is 13.8. The average molecular weight is 316 g/mol. The first-order chi connectivity index (χ1) is 9.62. The number of aliphatic hydroxyl groups excluding tert-OH is 1. The Labute approximate surface area is 133 Å². The normalized spacial score (nSPS) is 11.4. The largest absolute Gasteiger partial charge is 0.493 e. The summed E-state index contributed by atoms with van der Waals surface area (Å²) in [4.78, 5) is 0. The Morgan fingerprint density at radius 1 is 1.43 bits per heavy atom. The van der Waals surface area contributed by atoms with E-state index in [-0.39, 0.29) is 18.5 Å². The van der Waals surface area contributed by atoms with Crippen molar-refractivity contribution in [1.29, 1.82) is 0 Å². The highest BCUT2D eigenvalue weighted by atomic mass is 35.5. The number of ether oxygens (including phenoxy) is 2. The quantitative estimate of drug-likeness (QED) is 0.688. The van der Waals surface area contributed by atoms with Gasteiger partial charge in [-0.3, -0.25) is 0 Å². The van der Waals surface area contributed by atoms with Crippen LogP contribution in [0.1, 0.15) is 25.0 Å². The molecule has 1 aromatic rings. The molecule has 0 amide bonds. The zero-order valence-electron chi connectivity index (χ0n) is 13.0. The van der Waals surface area contributed by atoms with Gasteiger partial charge in [0.05, 0.1) is 19.8 Å². The molecule has 0 saturated heterocycles. The zero-order chi connectivity index (χ0) is 15.0. The van der Waals surface area contributed by atoms with Gasteiger partial charge < -0.3 is 19.9 Å². The Bertz CT molecular complexity index is 436. The lowest BCUT2D eigenvalue weighted by atomic mass is 10.1. The summed E-state index contributed by atoms with van der Waals surface area (Å²) in [6.45, 7) is 9.33. The molecule has 0 aliphatic carbocycles. The maximum Gasteiger partial charge on any atom is 0.164 e. The Morgan fingerprint density at radius 3 is 2.67 bits per heavy atom. The van der Waals surface area contributed by atoms with E-state index in [4.69, 9.17) is 9.47 Å².